The molecule has 17 heavy (non-hydrogen) atoms. The molecule has 2 aromatic carbocycles. The molecule has 0 atom stereocenters. The molecule has 1 nitrogen and oxygen atoms in total. The highest BCUT2D eigenvalue weighted by Crippen LogP contribution is 2.27. The van der Waals surface area contributed by atoms with E-state index in [0.29, 0.717) is 0 Å². The molecule has 0 spiro atoms. The second-order valence-corrected chi connectivity index (χ2v) is 5.44. The molecule has 0 aliphatic heterocycles. The smallest absolute Gasteiger partial charge is 0.0447 e. The first-order chi connectivity index (χ1) is 8.25. The molecule has 0 heterocycles. The Kier molecular flexibility index (Phi) is 4.66. The predicted molar refractivity (Wildman–Crippen MR) is 79.0 cm³/mol. The van der Waals surface area contributed by atoms with E-state index in [1.54, 1.807) is 6.21 Å². The number of hydrogen-bond acceptors (Lipinski definition) is 2. The van der Waals surface area contributed by atoms with Crippen LogP contribution in [0.3, 0.4) is 0 Å². The molecule has 0 saturated heterocycles. The highest BCUT2D eigenvalue weighted by molar-refractivity contribution is 9.10. The molecule has 0 aliphatic carbocycles. The molecule has 2 rings (SSSR count). The van der Waals surface area contributed by atoms with Gasteiger partial charge in [-0.3, -0.25) is 0 Å². The molecular weight excluding hydrogens is 318 g/mol. The van der Waals surface area contributed by atoms with Crippen molar-refractivity contribution in [3.63, 3.8) is 0 Å². The molecule has 0 bridgehead atoms. The zero-order valence-electron chi connectivity index (χ0n) is 8.81. The molecule has 86 valence electrons. The molecule has 0 amide bonds. The van der Waals surface area contributed by atoms with Gasteiger partial charge in [-0.25, -0.2) is 4.40 Å². The van der Waals surface area contributed by atoms with E-state index in [9.17, 15) is 0 Å². The van der Waals surface area contributed by atoms with Gasteiger partial charge in [0.15, 0.2) is 0 Å². The minimum atomic E-state index is 0.722. The molecule has 4 heteroatoms. The number of benzene rings is 2. The van der Waals surface area contributed by atoms with Gasteiger partial charge in [-0.15, -0.1) is 0 Å². The molecule has 0 aliphatic rings. The van der Waals surface area contributed by atoms with E-state index in [0.717, 1.165) is 20.0 Å². The van der Waals surface area contributed by atoms with Crippen LogP contribution in [0.5, 0.6) is 0 Å². The summed E-state index contributed by atoms with van der Waals surface area (Å²) in [6.07, 6.45) is 1.80. The van der Waals surface area contributed by atoms with Crippen molar-refractivity contribution in [1.29, 1.82) is 0 Å². The van der Waals surface area contributed by atoms with Crippen molar-refractivity contribution in [2.24, 2.45) is 4.40 Å². The normalized spacial score (nSPS) is 10.9. The van der Waals surface area contributed by atoms with Crippen LogP contribution < -0.4 is 0 Å². The zero-order chi connectivity index (χ0) is 12.1. The van der Waals surface area contributed by atoms with Crippen LogP contribution in [-0.4, -0.2) is 6.21 Å². The van der Waals surface area contributed by atoms with Gasteiger partial charge in [-0.2, -0.15) is 0 Å². The third-order valence-corrected chi connectivity index (χ3v) is 3.99. The number of halogens is 2. The molecule has 0 saturated carbocycles. The van der Waals surface area contributed by atoms with Crippen LogP contribution in [0.25, 0.3) is 0 Å². The molecule has 0 N–H and O–H groups in total. The Balaban J connectivity index is 2.06. The van der Waals surface area contributed by atoms with Crippen molar-refractivity contribution < 1.29 is 0 Å². The lowest BCUT2D eigenvalue weighted by Crippen LogP contribution is -1.78. The van der Waals surface area contributed by atoms with Gasteiger partial charge in [0.1, 0.15) is 0 Å². The topological polar surface area (TPSA) is 12.4 Å². The van der Waals surface area contributed by atoms with Gasteiger partial charge >= 0.3 is 0 Å². The SMILES string of the molecule is Clc1cccc(C=NSc2ccccc2Br)c1. The Labute approximate surface area is 118 Å². The summed E-state index contributed by atoms with van der Waals surface area (Å²) in [4.78, 5) is 1.09. The fourth-order valence-corrected chi connectivity index (χ4v) is 2.53. The highest BCUT2D eigenvalue weighted by Gasteiger charge is 1.97. The van der Waals surface area contributed by atoms with Crippen LogP contribution in [0.4, 0.5) is 0 Å². The van der Waals surface area contributed by atoms with Crippen LogP contribution in [-0.2, 0) is 0 Å². The molecule has 0 radical (unpaired) electrons. The first-order valence-electron chi connectivity index (χ1n) is 4.96. The van der Waals surface area contributed by atoms with Crippen LogP contribution in [0.15, 0.2) is 62.3 Å². The lowest BCUT2D eigenvalue weighted by molar-refractivity contribution is 1.41. The third kappa shape index (κ3) is 3.87. The highest BCUT2D eigenvalue weighted by atomic mass is 79.9. The molecule has 2 aromatic rings. The second-order valence-electron chi connectivity index (χ2n) is 3.31. The average Bonchev–Trinajstić information content (AvgIpc) is 2.32. The zero-order valence-corrected chi connectivity index (χ0v) is 12.0. The third-order valence-electron chi connectivity index (χ3n) is 2.04. The van der Waals surface area contributed by atoms with Gasteiger partial charge in [0, 0.05) is 32.6 Å². The van der Waals surface area contributed by atoms with Crippen molar-refractivity contribution in [2.75, 3.05) is 0 Å². The van der Waals surface area contributed by atoms with E-state index < -0.39 is 0 Å². The maximum Gasteiger partial charge on any atom is 0.0447 e. The summed E-state index contributed by atoms with van der Waals surface area (Å²) in [5.41, 5.74) is 0.997. The van der Waals surface area contributed by atoms with Gasteiger partial charge in [0.05, 0.1) is 0 Å². The van der Waals surface area contributed by atoms with Crippen LogP contribution in [0.1, 0.15) is 5.56 Å². The number of nitrogens with zero attached hydrogens (tertiary/aromatic N) is 1. The first-order valence-corrected chi connectivity index (χ1v) is 6.90. The summed E-state index contributed by atoms with van der Waals surface area (Å²) < 4.78 is 5.37. The number of rotatable bonds is 3. The van der Waals surface area contributed by atoms with Crippen LogP contribution >= 0.6 is 39.5 Å². The van der Waals surface area contributed by atoms with Crippen LogP contribution in [0.2, 0.25) is 5.02 Å². The Bertz CT molecular complexity index is 542. The Morgan fingerprint density at radius 3 is 2.71 bits per heavy atom. The Morgan fingerprint density at radius 1 is 1.12 bits per heavy atom. The maximum absolute atomic E-state index is 5.89. The summed E-state index contributed by atoms with van der Waals surface area (Å²) in [5, 5.41) is 0.722. The summed E-state index contributed by atoms with van der Waals surface area (Å²) in [6, 6.07) is 15.6. The van der Waals surface area contributed by atoms with E-state index in [4.69, 9.17) is 11.6 Å². The van der Waals surface area contributed by atoms with Gasteiger partial charge in [-0.05, 0) is 45.8 Å². The van der Waals surface area contributed by atoms with E-state index in [1.165, 1.54) is 11.9 Å². The van der Waals surface area contributed by atoms with Gasteiger partial charge in [0.25, 0.3) is 0 Å². The van der Waals surface area contributed by atoms with Gasteiger partial charge in [0.2, 0.25) is 0 Å². The fraction of sp³-hybridized carbons (Fsp3) is 0. The van der Waals surface area contributed by atoms with E-state index in [-0.39, 0.29) is 0 Å². The van der Waals surface area contributed by atoms with Crippen molar-refractivity contribution in [3.8, 4) is 0 Å². The molecule has 0 fully saturated rings. The fourth-order valence-electron chi connectivity index (χ4n) is 1.25. The van der Waals surface area contributed by atoms with E-state index in [1.807, 2.05) is 48.5 Å². The summed E-state index contributed by atoms with van der Waals surface area (Å²) in [5.74, 6) is 0. The van der Waals surface area contributed by atoms with Crippen molar-refractivity contribution in [3.05, 3.63) is 63.6 Å². The monoisotopic (exact) mass is 325 g/mol. The average molecular weight is 327 g/mol. The van der Waals surface area contributed by atoms with Crippen molar-refractivity contribution in [2.45, 2.75) is 4.90 Å². The van der Waals surface area contributed by atoms with Crippen molar-refractivity contribution in [1.82, 2.24) is 0 Å². The predicted octanol–water partition coefficient (Wildman–Crippen LogP) is 5.23. The number of hydrogen-bond donors (Lipinski definition) is 0. The summed E-state index contributed by atoms with van der Waals surface area (Å²) >= 11 is 10.8. The lowest BCUT2D eigenvalue weighted by Gasteiger charge is -1.98. The molecule has 0 aromatic heterocycles. The van der Waals surface area contributed by atoms with Gasteiger partial charge < -0.3 is 0 Å². The summed E-state index contributed by atoms with van der Waals surface area (Å²) in [6.45, 7) is 0. The van der Waals surface area contributed by atoms with Crippen LogP contribution in [0, 0.1) is 0 Å². The van der Waals surface area contributed by atoms with Gasteiger partial charge in [-0.1, -0.05) is 35.9 Å². The largest absolute Gasteiger partial charge is 0.219 e. The second kappa shape index (κ2) is 6.24. The minimum Gasteiger partial charge on any atom is -0.219 e. The standard InChI is InChI=1S/C13H9BrClNS/c14-12-6-1-2-7-13(12)17-16-9-10-4-3-5-11(15)8-10/h1-9H. The van der Waals surface area contributed by atoms with E-state index >= 15 is 0 Å². The Morgan fingerprint density at radius 2 is 1.94 bits per heavy atom. The summed E-state index contributed by atoms with van der Waals surface area (Å²) in [7, 11) is 0. The minimum absolute atomic E-state index is 0.722. The molecular formula is C13H9BrClNS. The van der Waals surface area contributed by atoms with Crippen molar-refractivity contribution >= 4 is 45.7 Å². The first kappa shape index (κ1) is 12.7. The maximum atomic E-state index is 5.89. The quantitative estimate of drug-likeness (QED) is 0.556. The Hall–Kier alpha value is -0.770. The van der Waals surface area contributed by atoms with E-state index in [2.05, 4.69) is 20.3 Å². The lowest BCUT2D eigenvalue weighted by atomic mass is 10.2. The molecule has 0 unspecified atom stereocenters.